The molecule has 1 aliphatic heterocycles. The quantitative estimate of drug-likeness (QED) is 0.245. The Morgan fingerprint density at radius 1 is 1.13 bits per heavy atom. The van der Waals surface area contributed by atoms with E-state index in [4.69, 9.17) is 4.74 Å². The lowest BCUT2D eigenvalue weighted by Gasteiger charge is -2.35. The summed E-state index contributed by atoms with van der Waals surface area (Å²) >= 11 is 0. The lowest BCUT2D eigenvalue weighted by Crippen LogP contribution is -2.51. The van der Waals surface area contributed by atoms with Gasteiger partial charge in [0.1, 0.15) is 0 Å². The summed E-state index contributed by atoms with van der Waals surface area (Å²) in [5.74, 6) is 1.40. The van der Waals surface area contributed by atoms with E-state index in [1.807, 2.05) is 30.3 Å². The first-order valence-electron chi connectivity index (χ1n) is 10.7. The van der Waals surface area contributed by atoms with Gasteiger partial charge in [-0.1, -0.05) is 44.2 Å². The molecule has 2 rings (SSSR count). The van der Waals surface area contributed by atoms with Gasteiger partial charge in [0.15, 0.2) is 5.96 Å². The zero-order valence-corrected chi connectivity index (χ0v) is 20.9. The number of halogens is 1. The highest BCUT2D eigenvalue weighted by Gasteiger charge is 2.22. The molecule has 0 bridgehead atoms. The number of rotatable bonds is 10. The first-order chi connectivity index (χ1) is 14.1. The van der Waals surface area contributed by atoms with Crippen molar-refractivity contribution in [2.45, 2.75) is 39.3 Å². The standard InChI is InChI=1S/C22H37N5O2.HI/c1-18(2)15-20(27-11-13-29-14-12-27)17-26-22(23-3)24-10-9-21(28)25-16-19-7-5-4-6-8-19;/h4-8,18,20H,9-17H2,1-3H3,(H,25,28)(H2,23,24,26);1H. The molecule has 8 heteroatoms. The van der Waals surface area contributed by atoms with Crippen molar-refractivity contribution in [3.05, 3.63) is 35.9 Å². The lowest BCUT2D eigenvalue weighted by atomic mass is 10.0. The van der Waals surface area contributed by atoms with E-state index in [1.54, 1.807) is 7.05 Å². The molecule has 30 heavy (non-hydrogen) atoms. The highest BCUT2D eigenvalue weighted by molar-refractivity contribution is 14.0. The minimum Gasteiger partial charge on any atom is -0.379 e. The number of carbonyl (C=O) groups is 1. The van der Waals surface area contributed by atoms with Gasteiger partial charge in [0, 0.05) is 52.2 Å². The Morgan fingerprint density at radius 3 is 2.47 bits per heavy atom. The van der Waals surface area contributed by atoms with E-state index in [2.05, 4.69) is 39.7 Å². The number of aliphatic imine (C=N–C) groups is 1. The maximum atomic E-state index is 12.1. The largest absolute Gasteiger partial charge is 0.379 e. The van der Waals surface area contributed by atoms with Crippen molar-refractivity contribution in [3.63, 3.8) is 0 Å². The molecule has 1 fully saturated rings. The monoisotopic (exact) mass is 531 g/mol. The summed E-state index contributed by atoms with van der Waals surface area (Å²) in [6, 6.07) is 10.4. The minimum absolute atomic E-state index is 0. The van der Waals surface area contributed by atoms with Gasteiger partial charge in [0.05, 0.1) is 13.2 Å². The Hall–Kier alpha value is -1.39. The van der Waals surface area contributed by atoms with Gasteiger partial charge in [-0.3, -0.25) is 14.7 Å². The van der Waals surface area contributed by atoms with Crippen LogP contribution in [-0.2, 0) is 16.1 Å². The molecular formula is C22H38IN5O2. The predicted molar refractivity (Wildman–Crippen MR) is 133 cm³/mol. The number of nitrogens with zero attached hydrogens (tertiary/aromatic N) is 2. The summed E-state index contributed by atoms with van der Waals surface area (Å²) in [6.45, 7) is 10.0. The fourth-order valence-corrected chi connectivity index (χ4v) is 3.46. The van der Waals surface area contributed by atoms with E-state index in [9.17, 15) is 4.79 Å². The summed E-state index contributed by atoms with van der Waals surface area (Å²) in [5.41, 5.74) is 1.10. The molecular weight excluding hydrogens is 493 g/mol. The van der Waals surface area contributed by atoms with Crippen molar-refractivity contribution in [1.29, 1.82) is 0 Å². The van der Waals surface area contributed by atoms with Gasteiger partial charge in [-0.2, -0.15) is 0 Å². The SMILES string of the molecule is CN=C(NCCC(=O)NCc1ccccc1)NCC(CC(C)C)N1CCOCC1.I. The van der Waals surface area contributed by atoms with Gasteiger partial charge in [0.2, 0.25) is 5.91 Å². The normalized spacial score (nSPS) is 15.9. The summed E-state index contributed by atoms with van der Waals surface area (Å²) in [6.07, 6.45) is 1.54. The predicted octanol–water partition coefficient (Wildman–Crippen LogP) is 2.22. The molecule has 1 amide bonds. The van der Waals surface area contributed by atoms with Crippen LogP contribution in [0.3, 0.4) is 0 Å². The van der Waals surface area contributed by atoms with Gasteiger partial charge in [-0.05, 0) is 17.9 Å². The van der Waals surface area contributed by atoms with Crippen LogP contribution in [0.1, 0.15) is 32.3 Å². The van der Waals surface area contributed by atoms with Gasteiger partial charge >= 0.3 is 0 Å². The van der Waals surface area contributed by atoms with Crippen molar-refractivity contribution in [2.24, 2.45) is 10.9 Å². The van der Waals surface area contributed by atoms with Crippen molar-refractivity contribution in [1.82, 2.24) is 20.9 Å². The lowest BCUT2D eigenvalue weighted by molar-refractivity contribution is -0.121. The number of carbonyl (C=O) groups excluding carboxylic acids is 1. The molecule has 1 heterocycles. The second-order valence-corrected chi connectivity index (χ2v) is 7.82. The maximum absolute atomic E-state index is 12.1. The van der Waals surface area contributed by atoms with E-state index >= 15 is 0 Å². The van der Waals surface area contributed by atoms with E-state index in [0.29, 0.717) is 31.5 Å². The van der Waals surface area contributed by atoms with Crippen LogP contribution in [0.25, 0.3) is 0 Å². The topological polar surface area (TPSA) is 78.0 Å². The van der Waals surface area contributed by atoms with Crippen LogP contribution in [0.4, 0.5) is 0 Å². The van der Waals surface area contributed by atoms with Crippen LogP contribution < -0.4 is 16.0 Å². The number of morpholine rings is 1. The Labute approximate surface area is 198 Å². The molecule has 1 atom stereocenters. The second kappa shape index (κ2) is 15.4. The smallest absolute Gasteiger partial charge is 0.222 e. The molecule has 170 valence electrons. The number of guanidine groups is 1. The fourth-order valence-electron chi connectivity index (χ4n) is 3.46. The number of ether oxygens (including phenoxy) is 1. The number of hydrogen-bond acceptors (Lipinski definition) is 4. The zero-order chi connectivity index (χ0) is 20.9. The van der Waals surface area contributed by atoms with E-state index in [1.165, 1.54) is 0 Å². The average Bonchev–Trinajstić information content (AvgIpc) is 2.74. The summed E-state index contributed by atoms with van der Waals surface area (Å²) < 4.78 is 5.49. The molecule has 3 N–H and O–H groups in total. The summed E-state index contributed by atoms with van der Waals surface area (Å²) in [7, 11) is 1.76. The van der Waals surface area contributed by atoms with Gasteiger partial charge < -0.3 is 20.7 Å². The van der Waals surface area contributed by atoms with Crippen molar-refractivity contribution >= 4 is 35.8 Å². The molecule has 0 aromatic heterocycles. The highest BCUT2D eigenvalue weighted by Crippen LogP contribution is 2.13. The second-order valence-electron chi connectivity index (χ2n) is 7.82. The zero-order valence-electron chi connectivity index (χ0n) is 18.5. The number of hydrogen-bond donors (Lipinski definition) is 3. The van der Waals surface area contributed by atoms with Crippen LogP contribution in [0.2, 0.25) is 0 Å². The van der Waals surface area contributed by atoms with Crippen LogP contribution in [0.5, 0.6) is 0 Å². The van der Waals surface area contributed by atoms with Crippen LogP contribution in [0, 0.1) is 5.92 Å². The highest BCUT2D eigenvalue weighted by atomic mass is 127. The molecule has 0 saturated carbocycles. The summed E-state index contributed by atoms with van der Waals surface area (Å²) in [4.78, 5) is 18.8. The third-order valence-electron chi connectivity index (χ3n) is 5.01. The van der Waals surface area contributed by atoms with Gasteiger partial charge in [0.25, 0.3) is 0 Å². The number of benzene rings is 1. The van der Waals surface area contributed by atoms with Crippen LogP contribution in [-0.4, -0.2) is 69.2 Å². The molecule has 7 nitrogen and oxygen atoms in total. The number of amides is 1. The van der Waals surface area contributed by atoms with Crippen molar-refractivity contribution < 1.29 is 9.53 Å². The van der Waals surface area contributed by atoms with Crippen LogP contribution >= 0.6 is 24.0 Å². The van der Waals surface area contributed by atoms with E-state index in [0.717, 1.165) is 50.8 Å². The molecule has 0 radical (unpaired) electrons. The Kier molecular flexibility index (Phi) is 13.7. The van der Waals surface area contributed by atoms with Gasteiger partial charge in [-0.25, -0.2) is 0 Å². The molecule has 1 unspecified atom stereocenters. The molecule has 1 aromatic carbocycles. The summed E-state index contributed by atoms with van der Waals surface area (Å²) in [5, 5.41) is 9.62. The Morgan fingerprint density at radius 2 is 1.83 bits per heavy atom. The van der Waals surface area contributed by atoms with Crippen LogP contribution in [0.15, 0.2) is 35.3 Å². The Balaban J connectivity index is 0.00000450. The maximum Gasteiger partial charge on any atom is 0.222 e. The first kappa shape index (κ1) is 26.6. The minimum atomic E-state index is 0. The van der Waals surface area contributed by atoms with Crippen molar-refractivity contribution in [2.75, 3.05) is 46.4 Å². The molecule has 1 aliphatic rings. The third kappa shape index (κ3) is 10.6. The molecule has 0 aliphatic carbocycles. The van der Waals surface area contributed by atoms with E-state index in [-0.39, 0.29) is 29.9 Å². The van der Waals surface area contributed by atoms with E-state index < -0.39 is 0 Å². The average molecular weight is 531 g/mol. The fraction of sp³-hybridized carbons (Fsp3) is 0.636. The van der Waals surface area contributed by atoms with Crippen molar-refractivity contribution in [3.8, 4) is 0 Å². The van der Waals surface area contributed by atoms with Gasteiger partial charge in [-0.15, -0.1) is 24.0 Å². The third-order valence-corrected chi connectivity index (χ3v) is 5.01. The molecule has 1 aromatic rings. The number of nitrogens with one attached hydrogen (secondary N) is 3. The molecule has 0 spiro atoms. The molecule has 1 saturated heterocycles. The Bertz CT molecular complexity index is 621. The first-order valence-corrected chi connectivity index (χ1v) is 10.7.